The van der Waals surface area contributed by atoms with Crippen LogP contribution >= 0.6 is 0 Å². The highest BCUT2D eigenvalue weighted by atomic mass is 16.8. The number of hydrogen-bond donors (Lipinski definition) is 0. The van der Waals surface area contributed by atoms with E-state index >= 15 is 0 Å². The number of rotatable bonds is 12. The van der Waals surface area contributed by atoms with Crippen molar-refractivity contribution in [3.8, 4) is 0 Å². The lowest BCUT2D eigenvalue weighted by Crippen LogP contribution is -2.74. The van der Waals surface area contributed by atoms with Gasteiger partial charge in [-0.25, -0.2) is 0 Å². The van der Waals surface area contributed by atoms with E-state index in [1.54, 1.807) is 0 Å². The van der Waals surface area contributed by atoms with Crippen molar-refractivity contribution in [3.05, 3.63) is 0 Å². The Kier molecular flexibility index (Phi) is 9.01. The third-order valence-electron chi connectivity index (χ3n) is 4.61. The second kappa shape index (κ2) is 9.94. The maximum Gasteiger partial charge on any atom is 0.100 e. The SMILES string of the molecule is CCCCN1C(C)N(CCCC)N1OC(C)(C)CN(CC)CC. The summed E-state index contributed by atoms with van der Waals surface area (Å²) < 4.78 is 0. The molecular formula is C18H40N4O. The van der Waals surface area contributed by atoms with Gasteiger partial charge in [0.25, 0.3) is 0 Å². The first-order chi connectivity index (χ1) is 10.9. The second-order valence-electron chi connectivity index (χ2n) is 7.23. The van der Waals surface area contributed by atoms with E-state index in [0.717, 1.165) is 32.7 Å². The second-order valence-corrected chi connectivity index (χ2v) is 7.23. The molecular weight excluding hydrogens is 288 g/mol. The normalized spacial score (nSPS) is 18.8. The zero-order valence-electron chi connectivity index (χ0n) is 16.6. The molecule has 1 aliphatic heterocycles. The van der Waals surface area contributed by atoms with Gasteiger partial charge in [-0.3, -0.25) is 4.84 Å². The van der Waals surface area contributed by atoms with Gasteiger partial charge in [0.1, 0.15) is 5.60 Å². The summed E-state index contributed by atoms with van der Waals surface area (Å²) in [7, 11) is 0. The first-order valence-electron chi connectivity index (χ1n) is 9.64. The molecule has 0 atom stereocenters. The van der Waals surface area contributed by atoms with Gasteiger partial charge in [0.15, 0.2) is 0 Å². The molecule has 0 aromatic carbocycles. The summed E-state index contributed by atoms with van der Waals surface area (Å²) >= 11 is 0. The molecule has 0 spiro atoms. The van der Waals surface area contributed by atoms with Gasteiger partial charge in [0.05, 0.1) is 6.17 Å². The van der Waals surface area contributed by atoms with Gasteiger partial charge in [0.2, 0.25) is 0 Å². The van der Waals surface area contributed by atoms with Gasteiger partial charge in [-0.2, -0.15) is 10.0 Å². The molecule has 23 heavy (non-hydrogen) atoms. The number of nitrogens with zero attached hydrogens (tertiary/aromatic N) is 4. The number of likely N-dealkylation sites (N-methyl/N-ethyl adjacent to an activating group) is 1. The minimum Gasteiger partial charge on any atom is -0.301 e. The van der Waals surface area contributed by atoms with E-state index in [-0.39, 0.29) is 5.60 Å². The molecule has 1 saturated heterocycles. The summed E-state index contributed by atoms with van der Waals surface area (Å²) in [4.78, 5) is 8.87. The fourth-order valence-electron chi connectivity index (χ4n) is 3.07. The van der Waals surface area contributed by atoms with Gasteiger partial charge in [-0.15, -0.1) is 0 Å². The van der Waals surface area contributed by atoms with E-state index in [0.29, 0.717) is 6.17 Å². The summed E-state index contributed by atoms with van der Waals surface area (Å²) in [5.74, 6) is 0. The smallest absolute Gasteiger partial charge is 0.100 e. The first-order valence-corrected chi connectivity index (χ1v) is 9.64. The fourth-order valence-corrected chi connectivity index (χ4v) is 3.07. The van der Waals surface area contributed by atoms with Crippen LogP contribution in [0.3, 0.4) is 0 Å². The predicted molar refractivity (Wildman–Crippen MR) is 97.5 cm³/mol. The Morgan fingerprint density at radius 1 is 0.913 bits per heavy atom. The first kappa shape index (κ1) is 20.8. The van der Waals surface area contributed by atoms with E-state index < -0.39 is 0 Å². The fraction of sp³-hybridized carbons (Fsp3) is 1.00. The summed E-state index contributed by atoms with van der Waals surface area (Å²) in [5, 5.41) is 6.78. The van der Waals surface area contributed by atoms with Crippen LogP contribution in [0.25, 0.3) is 0 Å². The Balaban J connectivity index is 2.68. The van der Waals surface area contributed by atoms with Crippen LogP contribution in [-0.2, 0) is 4.84 Å². The molecule has 0 unspecified atom stereocenters. The van der Waals surface area contributed by atoms with Crippen LogP contribution in [-0.4, -0.2) is 64.7 Å². The van der Waals surface area contributed by atoms with Gasteiger partial charge < -0.3 is 4.90 Å². The van der Waals surface area contributed by atoms with Gasteiger partial charge >= 0.3 is 0 Å². The van der Waals surface area contributed by atoms with Crippen LogP contribution in [0, 0.1) is 0 Å². The number of hydrogen-bond acceptors (Lipinski definition) is 5. The lowest BCUT2D eigenvalue weighted by Gasteiger charge is -2.58. The van der Waals surface area contributed by atoms with Gasteiger partial charge in [-0.1, -0.05) is 40.5 Å². The Bertz CT molecular complexity index is 304. The van der Waals surface area contributed by atoms with E-state index in [4.69, 9.17) is 4.84 Å². The maximum absolute atomic E-state index is 6.44. The molecule has 138 valence electrons. The van der Waals surface area contributed by atoms with Crippen LogP contribution < -0.4 is 0 Å². The van der Waals surface area contributed by atoms with Crippen LogP contribution in [0.5, 0.6) is 0 Å². The number of hydrazine groups is 2. The number of unbranched alkanes of at least 4 members (excludes halogenated alkanes) is 2. The minimum atomic E-state index is -0.193. The minimum absolute atomic E-state index is 0.193. The van der Waals surface area contributed by atoms with E-state index in [9.17, 15) is 0 Å². The van der Waals surface area contributed by atoms with E-state index in [2.05, 4.69) is 68.7 Å². The van der Waals surface area contributed by atoms with Crippen molar-refractivity contribution in [2.24, 2.45) is 0 Å². The van der Waals surface area contributed by atoms with E-state index in [1.807, 2.05) is 0 Å². The molecule has 0 aromatic heterocycles. The van der Waals surface area contributed by atoms with Crippen molar-refractivity contribution < 1.29 is 4.84 Å². The summed E-state index contributed by atoms with van der Waals surface area (Å²) in [5.41, 5.74) is -0.193. The molecule has 1 fully saturated rings. The lowest BCUT2D eigenvalue weighted by molar-refractivity contribution is -0.522. The molecule has 0 bridgehead atoms. The third kappa shape index (κ3) is 5.98. The molecule has 0 radical (unpaired) electrons. The molecule has 1 heterocycles. The topological polar surface area (TPSA) is 22.2 Å². The quantitative estimate of drug-likeness (QED) is 0.543. The molecule has 0 N–H and O–H groups in total. The Hall–Kier alpha value is -0.200. The van der Waals surface area contributed by atoms with Crippen molar-refractivity contribution in [3.63, 3.8) is 0 Å². The van der Waals surface area contributed by atoms with Crippen molar-refractivity contribution in [1.29, 1.82) is 0 Å². The Labute approximate surface area is 144 Å². The molecule has 1 aliphatic rings. The van der Waals surface area contributed by atoms with Crippen molar-refractivity contribution in [1.82, 2.24) is 20.2 Å². The summed E-state index contributed by atoms with van der Waals surface area (Å²) in [6.45, 7) is 20.8. The monoisotopic (exact) mass is 328 g/mol. The van der Waals surface area contributed by atoms with Crippen molar-refractivity contribution in [2.45, 2.75) is 85.9 Å². The summed E-state index contributed by atoms with van der Waals surface area (Å²) in [6.07, 6.45) is 5.30. The van der Waals surface area contributed by atoms with Crippen molar-refractivity contribution in [2.75, 3.05) is 32.7 Å². The average Bonchev–Trinajstić information content (AvgIpc) is 2.52. The molecule has 5 nitrogen and oxygen atoms in total. The van der Waals surface area contributed by atoms with Gasteiger partial charge in [0, 0.05) is 19.6 Å². The highest BCUT2D eigenvalue weighted by Crippen LogP contribution is 2.30. The Morgan fingerprint density at radius 2 is 1.39 bits per heavy atom. The Morgan fingerprint density at radius 3 is 1.78 bits per heavy atom. The standard InChI is InChI=1S/C18H40N4O/c1-8-12-14-20-17(5)21(15-13-9-2)22(20)23-18(6,7)16-19(10-3)11-4/h17H,8-16H2,1-7H3. The molecule has 0 saturated carbocycles. The zero-order chi connectivity index (χ0) is 17.5. The maximum atomic E-state index is 6.44. The average molecular weight is 329 g/mol. The summed E-state index contributed by atoms with van der Waals surface area (Å²) in [6, 6.07) is 0. The zero-order valence-corrected chi connectivity index (χ0v) is 16.6. The van der Waals surface area contributed by atoms with Crippen molar-refractivity contribution >= 4 is 0 Å². The molecule has 1 rings (SSSR count). The molecule has 0 amide bonds. The van der Waals surface area contributed by atoms with Crippen LogP contribution in [0.4, 0.5) is 0 Å². The van der Waals surface area contributed by atoms with Gasteiger partial charge in [-0.05, 0) is 52.0 Å². The van der Waals surface area contributed by atoms with Crippen LogP contribution in [0.2, 0.25) is 0 Å². The van der Waals surface area contributed by atoms with E-state index in [1.165, 1.54) is 25.7 Å². The molecule has 5 heteroatoms. The van der Waals surface area contributed by atoms with Crippen LogP contribution in [0.15, 0.2) is 0 Å². The van der Waals surface area contributed by atoms with Crippen LogP contribution in [0.1, 0.15) is 74.1 Å². The lowest BCUT2D eigenvalue weighted by atomic mass is 10.1. The highest BCUT2D eigenvalue weighted by molar-refractivity contribution is 4.77. The highest BCUT2D eigenvalue weighted by Gasteiger charge is 2.44. The largest absolute Gasteiger partial charge is 0.301 e. The molecule has 0 aromatic rings. The third-order valence-corrected chi connectivity index (χ3v) is 4.61. The predicted octanol–water partition coefficient (Wildman–Crippen LogP) is 3.73. The molecule has 0 aliphatic carbocycles.